The maximum atomic E-state index is 11.2. The van der Waals surface area contributed by atoms with Crippen molar-refractivity contribution in [3.63, 3.8) is 0 Å². The van der Waals surface area contributed by atoms with Gasteiger partial charge in [-0.25, -0.2) is 0 Å². The molecule has 3 rings (SSSR count). The van der Waals surface area contributed by atoms with Crippen LogP contribution < -0.4 is 0 Å². The molecule has 7 atom stereocenters. The van der Waals surface area contributed by atoms with Gasteiger partial charge in [0.15, 0.2) is 6.29 Å². The van der Waals surface area contributed by atoms with Crippen LogP contribution in [0.3, 0.4) is 0 Å². The molecule has 3 fully saturated rings. The highest BCUT2D eigenvalue weighted by Gasteiger charge is 2.69. The first-order valence-corrected chi connectivity index (χ1v) is 8.19. The summed E-state index contributed by atoms with van der Waals surface area (Å²) >= 11 is 0. The Hall–Kier alpha value is -0.910. The van der Waals surface area contributed by atoms with Gasteiger partial charge in [0.05, 0.1) is 18.8 Å². The van der Waals surface area contributed by atoms with Crippen LogP contribution in [0.4, 0.5) is 0 Å². The van der Waals surface area contributed by atoms with Crippen molar-refractivity contribution < 1.29 is 24.5 Å². The second-order valence-corrected chi connectivity index (χ2v) is 7.30. The average Bonchev–Trinajstić information content (AvgIpc) is 2.98. The van der Waals surface area contributed by atoms with Crippen LogP contribution in [0.5, 0.6) is 0 Å². The summed E-state index contributed by atoms with van der Waals surface area (Å²) in [7, 11) is 0. The molecule has 2 saturated carbocycles. The van der Waals surface area contributed by atoms with E-state index in [9.17, 15) is 15.0 Å². The summed E-state index contributed by atoms with van der Waals surface area (Å²) < 4.78 is 11.0. The van der Waals surface area contributed by atoms with Crippen molar-refractivity contribution >= 4 is 5.97 Å². The molecule has 124 valence electrons. The normalized spacial score (nSPS) is 44.2. The Kier molecular flexibility index (Phi) is 4.08. The van der Waals surface area contributed by atoms with E-state index in [0.717, 1.165) is 31.3 Å². The van der Waals surface area contributed by atoms with E-state index in [1.165, 1.54) is 6.92 Å². The van der Waals surface area contributed by atoms with Crippen molar-refractivity contribution in [2.24, 2.45) is 23.2 Å². The van der Waals surface area contributed by atoms with Crippen LogP contribution in [0, 0.1) is 23.2 Å². The van der Waals surface area contributed by atoms with E-state index in [2.05, 4.69) is 6.58 Å². The molecule has 0 aromatic rings. The summed E-state index contributed by atoms with van der Waals surface area (Å²) in [6.07, 6.45) is 2.27. The maximum Gasteiger partial charge on any atom is 0.302 e. The first kappa shape index (κ1) is 16.0. The number of ether oxygens (including phenoxy) is 2. The largest absolute Gasteiger partial charge is 0.465 e. The van der Waals surface area contributed by atoms with Crippen molar-refractivity contribution in [1.29, 1.82) is 0 Å². The number of hydrogen-bond donors (Lipinski definition) is 2. The van der Waals surface area contributed by atoms with E-state index >= 15 is 0 Å². The van der Waals surface area contributed by atoms with Crippen LogP contribution in [0.15, 0.2) is 12.2 Å². The number of rotatable bonds is 5. The minimum Gasteiger partial charge on any atom is -0.465 e. The fraction of sp³-hybridized carbons (Fsp3) is 0.824. The summed E-state index contributed by atoms with van der Waals surface area (Å²) in [5.74, 6) is 0.883. The summed E-state index contributed by atoms with van der Waals surface area (Å²) in [5, 5.41) is 19.4. The predicted molar refractivity (Wildman–Crippen MR) is 79.7 cm³/mol. The van der Waals surface area contributed by atoms with E-state index in [-0.39, 0.29) is 29.5 Å². The number of aliphatic hydroxyl groups excluding tert-OH is 2. The van der Waals surface area contributed by atoms with Crippen LogP contribution in [0.2, 0.25) is 0 Å². The van der Waals surface area contributed by atoms with Crippen molar-refractivity contribution in [2.75, 3.05) is 6.61 Å². The fourth-order valence-corrected chi connectivity index (χ4v) is 4.70. The van der Waals surface area contributed by atoms with Crippen molar-refractivity contribution in [3.05, 3.63) is 12.2 Å². The van der Waals surface area contributed by atoms with E-state index in [1.807, 2.05) is 0 Å². The quantitative estimate of drug-likeness (QED) is 0.596. The van der Waals surface area contributed by atoms with Gasteiger partial charge >= 0.3 is 5.97 Å². The van der Waals surface area contributed by atoms with E-state index in [4.69, 9.17) is 9.47 Å². The Morgan fingerprint density at radius 3 is 2.95 bits per heavy atom. The van der Waals surface area contributed by atoms with Gasteiger partial charge in [-0.15, -0.1) is 0 Å². The van der Waals surface area contributed by atoms with Gasteiger partial charge < -0.3 is 19.7 Å². The van der Waals surface area contributed by atoms with E-state index in [0.29, 0.717) is 18.4 Å². The second-order valence-electron chi connectivity index (χ2n) is 7.30. The standard InChI is InChI=1S/C17H26O5/c1-9(18)4-5-13-14-6-12-10(2)16(20)22-15(12)7-17(13,14)8-21-11(3)19/h9,12-16,18,20H,2,4-8H2,1,3H3. The van der Waals surface area contributed by atoms with Gasteiger partial charge in [0, 0.05) is 18.3 Å². The number of carbonyl (C=O) groups is 1. The first-order chi connectivity index (χ1) is 10.3. The van der Waals surface area contributed by atoms with Crippen molar-refractivity contribution in [2.45, 2.75) is 58.0 Å². The van der Waals surface area contributed by atoms with Crippen LogP contribution >= 0.6 is 0 Å². The van der Waals surface area contributed by atoms with Gasteiger partial charge in [0.25, 0.3) is 0 Å². The molecule has 1 aliphatic heterocycles. The Morgan fingerprint density at radius 1 is 1.59 bits per heavy atom. The molecule has 0 radical (unpaired) electrons. The monoisotopic (exact) mass is 310 g/mol. The molecular formula is C17H26O5. The third-order valence-corrected chi connectivity index (χ3v) is 5.93. The van der Waals surface area contributed by atoms with Crippen molar-refractivity contribution in [3.8, 4) is 0 Å². The zero-order chi connectivity index (χ0) is 16.1. The molecule has 22 heavy (non-hydrogen) atoms. The lowest BCUT2D eigenvalue weighted by molar-refractivity contribution is -0.145. The molecule has 2 N–H and O–H groups in total. The molecule has 0 bridgehead atoms. The minimum absolute atomic E-state index is 0.0224. The van der Waals surface area contributed by atoms with Gasteiger partial charge in [0.1, 0.15) is 0 Å². The smallest absolute Gasteiger partial charge is 0.302 e. The summed E-state index contributed by atoms with van der Waals surface area (Å²) in [5.41, 5.74) is 0.749. The highest BCUT2D eigenvalue weighted by Crippen LogP contribution is 2.70. The Labute approximate surface area is 131 Å². The van der Waals surface area contributed by atoms with Gasteiger partial charge in [-0.2, -0.15) is 0 Å². The molecule has 0 amide bonds. The average molecular weight is 310 g/mol. The number of hydrogen-bond acceptors (Lipinski definition) is 5. The summed E-state index contributed by atoms with van der Waals surface area (Å²) in [4.78, 5) is 11.2. The minimum atomic E-state index is -0.853. The van der Waals surface area contributed by atoms with Crippen molar-refractivity contribution in [1.82, 2.24) is 0 Å². The Balaban J connectivity index is 1.72. The molecule has 7 unspecified atom stereocenters. The molecule has 5 nitrogen and oxygen atoms in total. The molecule has 0 spiro atoms. The third kappa shape index (κ3) is 2.59. The molecule has 3 aliphatic rings. The Morgan fingerprint density at radius 2 is 2.32 bits per heavy atom. The zero-order valence-electron chi connectivity index (χ0n) is 13.3. The van der Waals surface area contributed by atoms with E-state index in [1.54, 1.807) is 6.92 Å². The first-order valence-electron chi connectivity index (χ1n) is 8.19. The lowest BCUT2D eigenvalue weighted by atomic mass is 9.78. The number of aliphatic hydroxyl groups is 2. The highest BCUT2D eigenvalue weighted by atomic mass is 16.6. The van der Waals surface area contributed by atoms with Crippen LogP contribution in [-0.4, -0.2) is 41.3 Å². The highest BCUT2D eigenvalue weighted by molar-refractivity contribution is 5.66. The molecule has 0 aromatic heterocycles. The molecule has 5 heteroatoms. The molecule has 0 aromatic carbocycles. The second kappa shape index (κ2) is 5.62. The Bertz CT molecular complexity index is 474. The number of esters is 1. The molecular weight excluding hydrogens is 284 g/mol. The molecule has 1 heterocycles. The predicted octanol–water partition coefficient (Wildman–Crippen LogP) is 1.63. The van der Waals surface area contributed by atoms with Gasteiger partial charge in [-0.3, -0.25) is 4.79 Å². The lowest BCUT2D eigenvalue weighted by Crippen LogP contribution is -2.31. The number of carbonyl (C=O) groups excluding carboxylic acids is 1. The lowest BCUT2D eigenvalue weighted by Gasteiger charge is -2.30. The summed E-state index contributed by atoms with van der Waals surface area (Å²) in [6, 6.07) is 0. The molecule has 1 saturated heterocycles. The SMILES string of the molecule is C=C1C(O)OC2CC3(COC(C)=O)C(CCC(C)O)C3CC12. The fourth-order valence-electron chi connectivity index (χ4n) is 4.70. The molecule has 2 aliphatic carbocycles. The third-order valence-electron chi connectivity index (χ3n) is 5.93. The van der Waals surface area contributed by atoms with Crippen LogP contribution in [0.25, 0.3) is 0 Å². The maximum absolute atomic E-state index is 11.2. The number of fused-ring (bicyclic) bond motifs is 2. The van der Waals surface area contributed by atoms with Gasteiger partial charge in [-0.05, 0) is 50.0 Å². The van der Waals surface area contributed by atoms with Gasteiger partial charge in [-0.1, -0.05) is 6.58 Å². The zero-order valence-corrected chi connectivity index (χ0v) is 13.3. The van der Waals surface area contributed by atoms with Crippen LogP contribution in [-0.2, 0) is 14.3 Å². The van der Waals surface area contributed by atoms with E-state index < -0.39 is 6.29 Å². The summed E-state index contributed by atoms with van der Waals surface area (Å²) in [6.45, 7) is 7.63. The topological polar surface area (TPSA) is 76.0 Å². The van der Waals surface area contributed by atoms with Crippen LogP contribution in [0.1, 0.15) is 39.5 Å². The van der Waals surface area contributed by atoms with Gasteiger partial charge in [0.2, 0.25) is 0 Å².